The molecule has 1 atom stereocenters. The van der Waals surface area contributed by atoms with Gasteiger partial charge >= 0.3 is 0 Å². The largest absolute Gasteiger partial charge is 0.497 e. The van der Waals surface area contributed by atoms with Crippen molar-refractivity contribution in [3.63, 3.8) is 0 Å². The van der Waals surface area contributed by atoms with Crippen LogP contribution >= 0.6 is 11.8 Å². The number of nitrogens with two attached hydrogens (primary N) is 1. The van der Waals surface area contributed by atoms with Gasteiger partial charge in [0.05, 0.1) is 13.2 Å². The molecule has 0 bridgehead atoms. The quantitative estimate of drug-likeness (QED) is 0.861. The van der Waals surface area contributed by atoms with Crippen LogP contribution in [0, 0.1) is 6.92 Å². The summed E-state index contributed by atoms with van der Waals surface area (Å²) < 4.78 is 5.22. The van der Waals surface area contributed by atoms with Gasteiger partial charge in [-0.05, 0) is 54.1 Å². The second kappa shape index (κ2) is 6.13. The predicted molar refractivity (Wildman–Crippen MR) is 82.0 cm³/mol. The molecule has 2 N–H and O–H groups in total. The van der Waals surface area contributed by atoms with Crippen molar-refractivity contribution in [2.75, 3.05) is 13.4 Å². The SMILES string of the molecule is COc1ccc(C(N)c2ccc(SC)cc2)c(C)c1. The molecule has 1 unspecified atom stereocenters. The van der Waals surface area contributed by atoms with Crippen molar-refractivity contribution in [2.24, 2.45) is 5.73 Å². The third-order valence-electron chi connectivity index (χ3n) is 3.29. The zero-order chi connectivity index (χ0) is 13.8. The Bertz CT molecular complexity index is 551. The van der Waals surface area contributed by atoms with Crippen LogP contribution in [-0.2, 0) is 0 Å². The third kappa shape index (κ3) is 3.11. The molecule has 0 heterocycles. The average molecular weight is 273 g/mol. The summed E-state index contributed by atoms with van der Waals surface area (Å²) >= 11 is 1.74. The van der Waals surface area contributed by atoms with Gasteiger partial charge in [0.1, 0.15) is 5.75 Å². The van der Waals surface area contributed by atoms with E-state index in [0.29, 0.717) is 0 Å². The zero-order valence-electron chi connectivity index (χ0n) is 11.5. The molecule has 0 amide bonds. The van der Waals surface area contributed by atoms with Gasteiger partial charge in [-0.15, -0.1) is 11.8 Å². The van der Waals surface area contributed by atoms with Gasteiger partial charge in [0.2, 0.25) is 0 Å². The molecule has 100 valence electrons. The molecule has 2 aromatic carbocycles. The van der Waals surface area contributed by atoms with Crippen molar-refractivity contribution in [1.82, 2.24) is 0 Å². The van der Waals surface area contributed by atoms with Crippen LogP contribution in [0.2, 0.25) is 0 Å². The Morgan fingerprint density at radius 1 is 1.11 bits per heavy atom. The Labute approximate surface area is 119 Å². The van der Waals surface area contributed by atoms with Crippen LogP contribution in [-0.4, -0.2) is 13.4 Å². The summed E-state index contributed by atoms with van der Waals surface area (Å²) in [7, 11) is 1.68. The molecular formula is C16H19NOS. The first kappa shape index (κ1) is 14.0. The molecule has 0 aliphatic heterocycles. The van der Waals surface area contributed by atoms with Crippen molar-refractivity contribution in [3.8, 4) is 5.75 Å². The Morgan fingerprint density at radius 3 is 2.32 bits per heavy atom. The maximum Gasteiger partial charge on any atom is 0.119 e. The lowest BCUT2D eigenvalue weighted by Gasteiger charge is -2.16. The van der Waals surface area contributed by atoms with E-state index < -0.39 is 0 Å². The number of benzene rings is 2. The highest BCUT2D eigenvalue weighted by atomic mass is 32.2. The molecule has 0 saturated carbocycles. The van der Waals surface area contributed by atoms with E-state index in [4.69, 9.17) is 10.5 Å². The Hall–Kier alpha value is -1.45. The number of hydrogen-bond acceptors (Lipinski definition) is 3. The van der Waals surface area contributed by atoms with Gasteiger partial charge in [-0.3, -0.25) is 0 Å². The molecule has 0 aromatic heterocycles. The van der Waals surface area contributed by atoms with Gasteiger partial charge in [0.15, 0.2) is 0 Å². The van der Waals surface area contributed by atoms with E-state index >= 15 is 0 Å². The van der Waals surface area contributed by atoms with Crippen LogP contribution in [0.1, 0.15) is 22.7 Å². The summed E-state index contributed by atoms with van der Waals surface area (Å²) in [6.45, 7) is 2.06. The summed E-state index contributed by atoms with van der Waals surface area (Å²) in [5.41, 5.74) is 9.77. The summed E-state index contributed by atoms with van der Waals surface area (Å²) in [6, 6.07) is 14.3. The minimum atomic E-state index is -0.0955. The third-order valence-corrected chi connectivity index (χ3v) is 4.03. The first-order valence-corrected chi connectivity index (χ1v) is 7.42. The van der Waals surface area contributed by atoms with Crippen molar-refractivity contribution in [3.05, 3.63) is 59.2 Å². The molecule has 3 heteroatoms. The maximum atomic E-state index is 6.35. The van der Waals surface area contributed by atoms with Crippen LogP contribution in [0.3, 0.4) is 0 Å². The normalized spacial score (nSPS) is 12.2. The second-order valence-electron chi connectivity index (χ2n) is 4.47. The molecule has 2 rings (SSSR count). The van der Waals surface area contributed by atoms with Crippen LogP contribution in [0.25, 0.3) is 0 Å². The number of methoxy groups -OCH3 is 1. The van der Waals surface area contributed by atoms with Gasteiger partial charge in [-0.25, -0.2) is 0 Å². The van der Waals surface area contributed by atoms with Crippen LogP contribution in [0.4, 0.5) is 0 Å². The fourth-order valence-corrected chi connectivity index (χ4v) is 2.52. The predicted octanol–water partition coefficient (Wildman–Crippen LogP) is 3.77. The first-order chi connectivity index (χ1) is 9.15. The zero-order valence-corrected chi connectivity index (χ0v) is 12.3. The van der Waals surface area contributed by atoms with Crippen LogP contribution < -0.4 is 10.5 Å². The standard InChI is InChI=1S/C16H19NOS/c1-11-10-13(18-2)6-9-15(11)16(17)12-4-7-14(19-3)8-5-12/h4-10,16H,17H2,1-3H3. The van der Waals surface area contributed by atoms with Gasteiger partial charge in [-0.1, -0.05) is 18.2 Å². The highest BCUT2D eigenvalue weighted by Gasteiger charge is 2.12. The van der Waals surface area contributed by atoms with Gasteiger partial charge in [0, 0.05) is 4.90 Å². The first-order valence-electron chi connectivity index (χ1n) is 6.19. The highest BCUT2D eigenvalue weighted by Crippen LogP contribution is 2.27. The second-order valence-corrected chi connectivity index (χ2v) is 5.35. The topological polar surface area (TPSA) is 35.2 Å². The van der Waals surface area contributed by atoms with Crippen molar-refractivity contribution in [2.45, 2.75) is 17.9 Å². The number of rotatable bonds is 4. The average Bonchev–Trinajstić information content (AvgIpc) is 2.46. The summed E-state index contributed by atoms with van der Waals surface area (Å²) in [5.74, 6) is 0.867. The molecule has 0 fully saturated rings. The molecule has 0 aliphatic rings. The fourth-order valence-electron chi connectivity index (χ4n) is 2.11. The molecule has 2 nitrogen and oxygen atoms in total. The van der Waals surface area contributed by atoms with E-state index in [1.54, 1.807) is 18.9 Å². The lowest BCUT2D eigenvalue weighted by Crippen LogP contribution is -2.13. The Morgan fingerprint density at radius 2 is 1.79 bits per heavy atom. The van der Waals surface area contributed by atoms with Crippen molar-refractivity contribution >= 4 is 11.8 Å². The lowest BCUT2D eigenvalue weighted by atomic mass is 9.96. The minimum absolute atomic E-state index is 0.0955. The summed E-state index contributed by atoms with van der Waals surface area (Å²) in [6.07, 6.45) is 2.07. The monoisotopic (exact) mass is 273 g/mol. The number of aryl methyl sites for hydroxylation is 1. The van der Waals surface area contributed by atoms with E-state index in [1.807, 2.05) is 18.2 Å². The molecule has 2 aromatic rings. The van der Waals surface area contributed by atoms with Crippen LogP contribution in [0.5, 0.6) is 5.75 Å². The van der Waals surface area contributed by atoms with Crippen molar-refractivity contribution in [1.29, 1.82) is 0 Å². The summed E-state index contributed by atoms with van der Waals surface area (Å²) in [5, 5.41) is 0. The Kier molecular flexibility index (Phi) is 4.51. The molecule has 19 heavy (non-hydrogen) atoms. The minimum Gasteiger partial charge on any atom is -0.497 e. The van der Waals surface area contributed by atoms with E-state index in [-0.39, 0.29) is 6.04 Å². The maximum absolute atomic E-state index is 6.35. The molecule has 0 spiro atoms. The van der Waals surface area contributed by atoms with Gasteiger partial charge < -0.3 is 10.5 Å². The lowest BCUT2D eigenvalue weighted by molar-refractivity contribution is 0.414. The smallest absolute Gasteiger partial charge is 0.119 e. The molecule has 0 radical (unpaired) electrons. The number of ether oxygens (including phenoxy) is 1. The van der Waals surface area contributed by atoms with E-state index in [0.717, 1.165) is 22.4 Å². The van der Waals surface area contributed by atoms with E-state index in [1.165, 1.54) is 4.90 Å². The molecule has 0 aliphatic carbocycles. The van der Waals surface area contributed by atoms with Crippen molar-refractivity contribution < 1.29 is 4.74 Å². The number of hydrogen-bond donors (Lipinski definition) is 1. The van der Waals surface area contributed by atoms with Gasteiger partial charge in [0.25, 0.3) is 0 Å². The number of thioether (sulfide) groups is 1. The van der Waals surface area contributed by atoms with Crippen LogP contribution in [0.15, 0.2) is 47.4 Å². The molecular weight excluding hydrogens is 254 g/mol. The summed E-state index contributed by atoms with van der Waals surface area (Å²) in [4.78, 5) is 1.25. The Balaban J connectivity index is 2.29. The fraction of sp³-hybridized carbons (Fsp3) is 0.250. The van der Waals surface area contributed by atoms with E-state index in [2.05, 4.69) is 37.4 Å². The molecule has 0 saturated heterocycles. The highest BCUT2D eigenvalue weighted by molar-refractivity contribution is 7.98. The van der Waals surface area contributed by atoms with Gasteiger partial charge in [-0.2, -0.15) is 0 Å². The van der Waals surface area contributed by atoms with E-state index in [9.17, 15) is 0 Å².